The van der Waals surface area contributed by atoms with E-state index in [1.54, 1.807) is 6.07 Å². The first kappa shape index (κ1) is 22.4. The second-order valence-electron chi connectivity index (χ2n) is 6.67. The molecule has 1 aromatic rings. The first-order valence-electron chi connectivity index (χ1n) is 8.92. The van der Waals surface area contributed by atoms with Crippen molar-refractivity contribution >= 4 is 11.5 Å². The second-order valence-corrected chi connectivity index (χ2v) is 6.67. The highest BCUT2D eigenvalue weighted by atomic mass is 16.5. The molecule has 27 heavy (non-hydrogen) atoms. The van der Waals surface area contributed by atoms with Gasteiger partial charge in [0.25, 0.3) is 0 Å². The first-order valence-corrected chi connectivity index (χ1v) is 8.92. The largest absolute Gasteiger partial charge is 0.468 e. The normalized spacial score (nSPS) is 13.2. The monoisotopic (exact) mass is 367 g/mol. The Morgan fingerprint density at radius 3 is 2.59 bits per heavy atom. The van der Waals surface area contributed by atoms with Crippen molar-refractivity contribution in [2.75, 3.05) is 20.2 Å². The quantitative estimate of drug-likeness (QED) is 0.517. The lowest BCUT2D eigenvalue weighted by molar-refractivity contribution is -0.144. The average molecular weight is 367 g/mol. The molecule has 1 rings (SSSR count). The summed E-state index contributed by atoms with van der Waals surface area (Å²) in [4.78, 5) is 11.8. The minimum atomic E-state index is -0.389. The van der Waals surface area contributed by atoms with Crippen LogP contribution in [0.3, 0.4) is 0 Å². The summed E-state index contributed by atoms with van der Waals surface area (Å²) < 4.78 is 4.83. The van der Waals surface area contributed by atoms with Gasteiger partial charge in [-0.25, -0.2) is 0 Å². The maximum absolute atomic E-state index is 11.8. The van der Waals surface area contributed by atoms with Crippen LogP contribution in [-0.4, -0.2) is 32.2 Å². The van der Waals surface area contributed by atoms with E-state index in [0.29, 0.717) is 18.7 Å². The van der Waals surface area contributed by atoms with E-state index in [9.17, 15) is 10.1 Å². The molecule has 0 aliphatic heterocycles. The fourth-order valence-electron chi connectivity index (χ4n) is 2.61. The summed E-state index contributed by atoms with van der Waals surface area (Å²) in [6.07, 6.45) is 3.80. The van der Waals surface area contributed by atoms with E-state index in [4.69, 9.17) is 10.5 Å². The van der Waals surface area contributed by atoms with E-state index in [1.165, 1.54) is 7.11 Å². The lowest BCUT2D eigenvalue weighted by Gasteiger charge is -2.20. The van der Waals surface area contributed by atoms with Gasteiger partial charge in [0.2, 0.25) is 0 Å². The molecule has 144 valence electrons. The van der Waals surface area contributed by atoms with Crippen molar-refractivity contribution in [1.82, 2.24) is 5.32 Å². The van der Waals surface area contributed by atoms with Gasteiger partial charge in [-0.3, -0.25) is 4.79 Å². The molecule has 5 nitrogen and oxygen atoms in total. The number of ether oxygens (including phenoxy) is 1. The summed E-state index contributed by atoms with van der Waals surface area (Å²) in [6, 6.07) is 9.26. The molecule has 0 aliphatic rings. The maximum Gasteiger partial charge on any atom is 0.323 e. The van der Waals surface area contributed by atoms with Crippen LogP contribution in [0, 0.1) is 17.2 Å². The van der Waals surface area contributed by atoms with Crippen LogP contribution in [0.15, 0.2) is 54.1 Å². The van der Waals surface area contributed by atoms with Crippen molar-refractivity contribution in [3.05, 3.63) is 65.3 Å². The third-order valence-electron chi connectivity index (χ3n) is 4.26. The lowest BCUT2D eigenvalue weighted by atomic mass is 9.95. The molecule has 0 radical (unpaired) electrons. The van der Waals surface area contributed by atoms with Crippen LogP contribution < -0.4 is 11.1 Å². The summed E-state index contributed by atoms with van der Waals surface area (Å²) in [6.45, 7) is 10.7. The molecule has 0 spiro atoms. The smallest absolute Gasteiger partial charge is 0.323 e. The van der Waals surface area contributed by atoms with Crippen molar-refractivity contribution in [3.8, 4) is 6.07 Å². The number of methoxy groups -OCH3 is 1. The van der Waals surface area contributed by atoms with Gasteiger partial charge < -0.3 is 15.8 Å². The van der Waals surface area contributed by atoms with Crippen molar-refractivity contribution in [2.24, 2.45) is 11.7 Å². The van der Waals surface area contributed by atoms with Gasteiger partial charge in [-0.2, -0.15) is 5.26 Å². The Hall–Kier alpha value is -2.68. The Morgan fingerprint density at radius 2 is 2.04 bits per heavy atom. The number of hydrogen-bond donors (Lipinski definition) is 2. The summed E-state index contributed by atoms with van der Waals surface area (Å²) in [5, 5.41) is 12.6. The number of nitriles is 1. The van der Waals surface area contributed by atoms with Crippen LogP contribution in [-0.2, 0) is 9.53 Å². The molecule has 1 aromatic carbocycles. The molecule has 0 aliphatic carbocycles. The lowest BCUT2D eigenvalue weighted by Crippen LogP contribution is -2.42. The third-order valence-corrected chi connectivity index (χ3v) is 4.26. The predicted octanol–water partition coefficient (Wildman–Crippen LogP) is 3.19. The zero-order valence-electron chi connectivity index (χ0n) is 16.6. The van der Waals surface area contributed by atoms with Crippen molar-refractivity contribution in [3.63, 3.8) is 0 Å². The highest BCUT2D eigenvalue weighted by molar-refractivity contribution is 5.80. The van der Waals surface area contributed by atoms with Gasteiger partial charge >= 0.3 is 5.97 Å². The molecule has 5 heteroatoms. The summed E-state index contributed by atoms with van der Waals surface area (Å²) in [7, 11) is 1.38. The second kappa shape index (κ2) is 11.1. The number of carbonyl (C=O) groups excluding carboxylic acids is 1. The van der Waals surface area contributed by atoms with Crippen LogP contribution in [0.5, 0.6) is 0 Å². The van der Waals surface area contributed by atoms with Crippen LogP contribution in [0.2, 0.25) is 0 Å². The van der Waals surface area contributed by atoms with Gasteiger partial charge in [0, 0.05) is 13.1 Å². The number of benzene rings is 1. The zero-order valence-corrected chi connectivity index (χ0v) is 16.6. The number of nitrogens with two attached hydrogens (primary N) is 1. The fourth-order valence-corrected chi connectivity index (χ4v) is 2.61. The molecule has 0 saturated carbocycles. The average Bonchev–Trinajstić information content (AvgIpc) is 2.67. The van der Waals surface area contributed by atoms with Crippen LogP contribution >= 0.6 is 0 Å². The Morgan fingerprint density at radius 1 is 1.37 bits per heavy atom. The van der Waals surface area contributed by atoms with Crippen molar-refractivity contribution in [2.45, 2.75) is 26.8 Å². The summed E-state index contributed by atoms with van der Waals surface area (Å²) in [5.74, 6) is -0.184. The molecule has 0 fully saturated rings. The first-order chi connectivity index (χ1) is 12.8. The summed E-state index contributed by atoms with van der Waals surface area (Å²) >= 11 is 0. The number of esters is 1. The zero-order chi connectivity index (χ0) is 20.4. The van der Waals surface area contributed by atoms with Crippen LogP contribution in [0.1, 0.15) is 31.9 Å². The third kappa shape index (κ3) is 6.52. The molecule has 1 unspecified atom stereocenters. The number of rotatable bonds is 9. The molecule has 1 atom stereocenters. The number of carbonyl (C=O) groups is 1. The van der Waals surface area contributed by atoms with E-state index in [2.05, 4.69) is 18.0 Å². The Kier molecular flexibility index (Phi) is 9.21. The number of hydrogen-bond acceptors (Lipinski definition) is 5. The molecule has 0 bridgehead atoms. The van der Waals surface area contributed by atoms with E-state index in [-0.39, 0.29) is 17.9 Å². The minimum Gasteiger partial charge on any atom is -0.468 e. The fraction of sp³-hybridized carbons (Fsp3) is 0.364. The van der Waals surface area contributed by atoms with Crippen molar-refractivity contribution in [1.29, 1.82) is 5.26 Å². The molecular weight excluding hydrogens is 338 g/mol. The molecule has 0 amide bonds. The highest BCUT2D eigenvalue weighted by Gasteiger charge is 2.21. The standard InChI is InChI=1S/C22H29N3O2/c1-15(2)21(22(26)27-5)25-14-16(3)10-11-19(17(4)12-23)20-9-7-6-8-18(20)13-24/h6-11,15,21,25H,3,12,14,23H2,1-2,4-5H3/b11-10-,19-17+. The summed E-state index contributed by atoms with van der Waals surface area (Å²) in [5.41, 5.74) is 9.96. The Bertz CT molecular complexity index is 770. The molecule has 0 heterocycles. The van der Waals surface area contributed by atoms with Gasteiger partial charge in [0.15, 0.2) is 0 Å². The van der Waals surface area contributed by atoms with Crippen LogP contribution in [0.4, 0.5) is 0 Å². The highest BCUT2D eigenvalue weighted by Crippen LogP contribution is 2.23. The Labute approximate surface area is 162 Å². The topological polar surface area (TPSA) is 88.1 Å². The SMILES string of the molecule is C=C(/C=C\C(=C(\C)CN)c1ccccc1C#N)CNC(C(=O)OC)C(C)C. The van der Waals surface area contributed by atoms with Gasteiger partial charge in [0.1, 0.15) is 6.04 Å². The predicted molar refractivity (Wildman–Crippen MR) is 110 cm³/mol. The molecule has 0 aromatic heterocycles. The minimum absolute atomic E-state index is 0.103. The number of allylic oxidation sites excluding steroid dienone is 2. The van der Waals surface area contributed by atoms with E-state index in [0.717, 1.165) is 22.3 Å². The van der Waals surface area contributed by atoms with E-state index < -0.39 is 0 Å². The van der Waals surface area contributed by atoms with Gasteiger partial charge in [-0.15, -0.1) is 0 Å². The van der Waals surface area contributed by atoms with E-state index >= 15 is 0 Å². The molecule has 3 N–H and O–H groups in total. The van der Waals surface area contributed by atoms with E-state index in [1.807, 2.05) is 51.1 Å². The maximum atomic E-state index is 11.8. The van der Waals surface area contributed by atoms with Gasteiger partial charge in [-0.1, -0.05) is 56.4 Å². The molecule has 0 saturated heterocycles. The molecular formula is C22H29N3O2. The van der Waals surface area contributed by atoms with Gasteiger partial charge in [0.05, 0.1) is 18.7 Å². The van der Waals surface area contributed by atoms with Crippen LogP contribution in [0.25, 0.3) is 5.57 Å². The van der Waals surface area contributed by atoms with Gasteiger partial charge in [-0.05, 0) is 35.6 Å². The number of nitrogens with zero attached hydrogens (tertiary/aromatic N) is 1. The Balaban J connectivity index is 2.97. The van der Waals surface area contributed by atoms with Crippen molar-refractivity contribution < 1.29 is 9.53 Å². The number of nitrogens with one attached hydrogen (secondary N) is 1.